The summed E-state index contributed by atoms with van der Waals surface area (Å²) >= 11 is 0. The molecule has 0 radical (unpaired) electrons. The van der Waals surface area contributed by atoms with E-state index in [2.05, 4.69) is 9.98 Å². The van der Waals surface area contributed by atoms with Crippen molar-refractivity contribution in [3.05, 3.63) is 22.5 Å². The summed E-state index contributed by atoms with van der Waals surface area (Å²) in [6.45, 7) is 2.13. The van der Waals surface area contributed by atoms with Gasteiger partial charge < -0.3 is 4.90 Å². The van der Waals surface area contributed by atoms with Crippen LogP contribution in [0.5, 0.6) is 0 Å². The van der Waals surface area contributed by atoms with E-state index in [4.69, 9.17) is 0 Å². The number of aryl methyl sites for hydroxylation is 1. The molecule has 6 heteroatoms. The van der Waals surface area contributed by atoms with Crippen molar-refractivity contribution in [2.75, 3.05) is 14.1 Å². The van der Waals surface area contributed by atoms with Gasteiger partial charge in [-0.1, -0.05) is 0 Å². The van der Waals surface area contributed by atoms with Crippen LogP contribution in [0.2, 0.25) is 0 Å². The summed E-state index contributed by atoms with van der Waals surface area (Å²) < 4.78 is 14.5. The van der Waals surface area contributed by atoms with Gasteiger partial charge in [-0.2, -0.15) is 4.98 Å². The average Bonchev–Trinajstić information content (AvgIpc) is 2.18. The lowest BCUT2D eigenvalue weighted by atomic mass is 10.5. The molecule has 82 valence electrons. The number of hydrogen-bond donors (Lipinski definition) is 0. The van der Waals surface area contributed by atoms with Crippen LogP contribution in [0.15, 0.2) is 16.0 Å². The van der Waals surface area contributed by atoms with E-state index >= 15 is 0 Å². The van der Waals surface area contributed by atoms with Crippen LogP contribution in [0.3, 0.4) is 0 Å². The molecule has 1 rings (SSSR count). The molecule has 0 spiro atoms. The maximum absolute atomic E-state index is 13.3. The highest BCUT2D eigenvalue weighted by atomic mass is 19.1. The van der Waals surface area contributed by atoms with Gasteiger partial charge in [0, 0.05) is 26.8 Å². The van der Waals surface area contributed by atoms with E-state index in [1.165, 1.54) is 10.9 Å². The Balaban J connectivity index is 3.11. The first kappa shape index (κ1) is 11.4. The van der Waals surface area contributed by atoms with Crippen molar-refractivity contribution in [1.82, 2.24) is 14.5 Å². The van der Waals surface area contributed by atoms with Gasteiger partial charge in [-0.05, 0) is 6.92 Å². The smallest absolute Gasteiger partial charge is 0.349 e. The predicted molar refractivity (Wildman–Crippen MR) is 56.0 cm³/mol. The third-order valence-corrected chi connectivity index (χ3v) is 1.68. The Hall–Kier alpha value is -1.72. The van der Waals surface area contributed by atoms with Crippen LogP contribution in [0.25, 0.3) is 0 Å². The molecule has 0 saturated heterocycles. The number of halogens is 1. The number of aliphatic imine (C=N–C) groups is 1. The summed E-state index contributed by atoms with van der Waals surface area (Å²) in [5.74, 6) is -0.784. The number of hydrogen-bond acceptors (Lipinski definition) is 3. The lowest BCUT2D eigenvalue weighted by molar-refractivity contribution is 0.575. The van der Waals surface area contributed by atoms with Crippen LogP contribution in [-0.4, -0.2) is 34.9 Å². The van der Waals surface area contributed by atoms with Crippen molar-refractivity contribution < 1.29 is 4.39 Å². The monoisotopic (exact) mass is 212 g/mol. The normalized spacial score (nSPS) is 10.9. The van der Waals surface area contributed by atoms with Crippen molar-refractivity contribution in [1.29, 1.82) is 0 Å². The van der Waals surface area contributed by atoms with Crippen molar-refractivity contribution >= 4 is 12.2 Å². The standard InChI is InChI=1S/C9H13FN4O/c1-4-14-5-7(10)8(12-9(14)15)11-6-13(2)3/h5-6H,4H2,1-3H3. The highest BCUT2D eigenvalue weighted by molar-refractivity contribution is 5.58. The fraction of sp³-hybridized carbons (Fsp3) is 0.444. The third-order valence-electron chi connectivity index (χ3n) is 1.68. The molecule has 0 aliphatic heterocycles. The third kappa shape index (κ3) is 2.87. The van der Waals surface area contributed by atoms with Crippen molar-refractivity contribution in [2.24, 2.45) is 4.99 Å². The topological polar surface area (TPSA) is 50.5 Å². The summed E-state index contributed by atoms with van der Waals surface area (Å²) in [4.78, 5) is 20.2. The molecule has 0 N–H and O–H groups in total. The lowest BCUT2D eigenvalue weighted by Gasteiger charge is -2.04. The van der Waals surface area contributed by atoms with Crippen LogP contribution in [0.1, 0.15) is 6.92 Å². The van der Waals surface area contributed by atoms with Crippen LogP contribution >= 0.6 is 0 Å². The Morgan fingerprint density at radius 2 is 2.33 bits per heavy atom. The molecule has 0 aromatic carbocycles. The van der Waals surface area contributed by atoms with E-state index in [0.717, 1.165) is 6.20 Å². The van der Waals surface area contributed by atoms with E-state index in [1.54, 1.807) is 25.9 Å². The molecule has 15 heavy (non-hydrogen) atoms. The number of aromatic nitrogens is 2. The first-order valence-corrected chi connectivity index (χ1v) is 4.52. The minimum absolute atomic E-state index is 0.182. The average molecular weight is 212 g/mol. The first-order valence-electron chi connectivity index (χ1n) is 4.52. The molecular formula is C9H13FN4O. The summed E-state index contributed by atoms with van der Waals surface area (Å²) in [6, 6.07) is 0. The highest BCUT2D eigenvalue weighted by Crippen LogP contribution is 2.09. The van der Waals surface area contributed by atoms with Crippen LogP contribution in [0, 0.1) is 5.82 Å². The zero-order valence-electron chi connectivity index (χ0n) is 8.94. The minimum atomic E-state index is -0.602. The Morgan fingerprint density at radius 3 is 2.87 bits per heavy atom. The van der Waals surface area contributed by atoms with Crippen LogP contribution < -0.4 is 5.69 Å². The van der Waals surface area contributed by atoms with Crippen LogP contribution in [-0.2, 0) is 6.54 Å². The zero-order chi connectivity index (χ0) is 11.4. The summed E-state index contributed by atoms with van der Waals surface area (Å²) in [7, 11) is 3.49. The molecule has 5 nitrogen and oxygen atoms in total. The Morgan fingerprint density at radius 1 is 1.67 bits per heavy atom. The fourth-order valence-corrected chi connectivity index (χ4v) is 0.945. The second-order valence-corrected chi connectivity index (χ2v) is 3.19. The molecule has 1 heterocycles. The van der Waals surface area contributed by atoms with Gasteiger partial charge in [-0.25, -0.2) is 14.2 Å². The summed E-state index contributed by atoms with van der Waals surface area (Å²) in [5.41, 5.74) is -0.496. The molecule has 1 aromatic heterocycles. The quantitative estimate of drug-likeness (QED) is 0.545. The maximum Gasteiger partial charge on any atom is 0.349 e. The second kappa shape index (κ2) is 4.68. The van der Waals surface area contributed by atoms with E-state index in [9.17, 15) is 9.18 Å². The van der Waals surface area contributed by atoms with Crippen molar-refractivity contribution in [2.45, 2.75) is 13.5 Å². The Kier molecular flexibility index (Phi) is 3.54. The molecule has 0 saturated carbocycles. The van der Waals surface area contributed by atoms with Gasteiger partial charge >= 0.3 is 5.69 Å². The Bertz CT molecular complexity index is 425. The molecule has 0 atom stereocenters. The van der Waals surface area contributed by atoms with Crippen molar-refractivity contribution in [3.63, 3.8) is 0 Å². The molecule has 0 unspecified atom stereocenters. The molecule has 1 aromatic rings. The summed E-state index contributed by atoms with van der Waals surface area (Å²) in [5, 5.41) is 0. The molecule has 0 bridgehead atoms. The zero-order valence-corrected chi connectivity index (χ0v) is 8.94. The van der Waals surface area contributed by atoms with E-state index in [-0.39, 0.29) is 5.82 Å². The van der Waals surface area contributed by atoms with E-state index < -0.39 is 11.5 Å². The minimum Gasteiger partial charge on any atom is -0.369 e. The first-order chi connectivity index (χ1) is 7.04. The molecule has 0 fully saturated rings. The van der Waals surface area contributed by atoms with Gasteiger partial charge in [0.25, 0.3) is 0 Å². The maximum atomic E-state index is 13.3. The van der Waals surface area contributed by atoms with Crippen LogP contribution in [0.4, 0.5) is 10.2 Å². The van der Waals surface area contributed by atoms with Gasteiger partial charge in [-0.15, -0.1) is 0 Å². The van der Waals surface area contributed by atoms with E-state index in [0.29, 0.717) is 6.54 Å². The van der Waals surface area contributed by atoms with Gasteiger partial charge in [-0.3, -0.25) is 4.57 Å². The second-order valence-electron chi connectivity index (χ2n) is 3.19. The highest BCUT2D eigenvalue weighted by Gasteiger charge is 2.05. The lowest BCUT2D eigenvalue weighted by Crippen LogP contribution is -2.22. The molecule has 0 aliphatic carbocycles. The molecule has 0 aliphatic rings. The van der Waals surface area contributed by atoms with Gasteiger partial charge in [0.05, 0.1) is 6.34 Å². The van der Waals surface area contributed by atoms with E-state index in [1.807, 2.05) is 0 Å². The SMILES string of the molecule is CCn1cc(F)c(N=CN(C)C)nc1=O. The van der Waals surface area contributed by atoms with Gasteiger partial charge in [0.15, 0.2) is 11.6 Å². The fourth-order valence-electron chi connectivity index (χ4n) is 0.945. The van der Waals surface area contributed by atoms with Crippen molar-refractivity contribution in [3.8, 4) is 0 Å². The molecular weight excluding hydrogens is 199 g/mol. The summed E-state index contributed by atoms with van der Waals surface area (Å²) in [6.07, 6.45) is 2.50. The molecule has 0 amide bonds. The Labute approximate surface area is 86.9 Å². The van der Waals surface area contributed by atoms with Gasteiger partial charge in [0.2, 0.25) is 0 Å². The van der Waals surface area contributed by atoms with Gasteiger partial charge in [0.1, 0.15) is 0 Å². The predicted octanol–water partition coefficient (Wildman–Crippen LogP) is 0.624. The largest absolute Gasteiger partial charge is 0.369 e. The number of rotatable bonds is 3. The number of nitrogens with zero attached hydrogens (tertiary/aromatic N) is 4.